The van der Waals surface area contributed by atoms with Crippen molar-refractivity contribution in [1.29, 1.82) is 5.41 Å². The van der Waals surface area contributed by atoms with Gasteiger partial charge in [-0.2, -0.15) is 0 Å². The number of ether oxygens (including phenoxy) is 1. The lowest BCUT2D eigenvalue weighted by Crippen LogP contribution is -2.42. The molecule has 40 heavy (non-hydrogen) atoms. The predicted molar refractivity (Wildman–Crippen MR) is 167 cm³/mol. The zero-order valence-electron chi connectivity index (χ0n) is 25.2. The molecule has 1 saturated heterocycles. The van der Waals surface area contributed by atoms with Gasteiger partial charge in [0.05, 0.1) is 23.5 Å². The molecule has 0 bridgehead atoms. The summed E-state index contributed by atoms with van der Waals surface area (Å²) in [6, 6.07) is 18.7. The number of unbranched alkanes of at least 4 members (excludes halogenated alkanes) is 1. The number of amides is 1. The topological polar surface area (TPSA) is 69.0 Å². The first kappa shape index (κ1) is 31.4. The largest absolute Gasteiger partial charge is 0.366 e. The fraction of sp³-hybridized carbons (Fsp3) is 0.500. The second kappa shape index (κ2) is 15.6. The van der Waals surface area contributed by atoms with E-state index in [0.717, 1.165) is 69.1 Å². The maximum atomic E-state index is 13.8. The minimum Gasteiger partial charge on any atom is -0.366 e. The Morgan fingerprint density at radius 1 is 1.15 bits per heavy atom. The Labute approximate surface area is 241 Å². The summed E-state index contributed by atoms with van der Waals surface area (Å²) in [6.45, 7) is 11.3. The molecule has 0 saturated carbocycles. The normalized spacial score (nSPS) is 16.9. The molecule has 0 radical (unpaired) electrons. The maximum absolute atomic E-state index is 13.8. The zero-order valence-corrected chi connectivity index (χ0v) is 25.2. The quantitative estimate of drug-likeness (QED) is 0.199. The molecule has 1 heterocycles. The van der Waals surface area contributed by atoms with Gasteiger partial charge in [0.25, 0.3) is 5.91 Å². The van der Waals surface area contributed by atoms with Gasteiger partial charge in [0, 0.05) is 37.8 Å². The lowest BCUT2D eigenvalue weighted by molar-refractivity contribution is -0.114. The van der Waals surface area contributed by atoms with Crippen molar-refractivity contribution in [2.24, 2.45) is 10.9 Å². The molecule has 1 unspecified atom stereocenters. The lowest BCUT2D eigenvalue weighted by Gasteiger charge is -2.41. The van der Waals surface area contributed by atoms with Gasteiger partial charge in [0.15, 0.2) is 0 Å². The van der Waals surface area contributed by atoms with E-state index in [9.17, 15) is 4.79 Å². The number of nitrogens with one attached hydrogen (secondary N) is 1. The summed E-state index contributed by atoms with van der Waals surface area (Å²) in [4.78, 5) is 22.5. The number of carbonyl (C=O) groups excluding carboxylic acids is 1. The molecule has 0 aromatic heterocycles. The molecule has 6 heteroatoms. The Kier molecular flexibility index (Phi) is 12.3. The van der Waals surface area contributed by atoms with Crippen LogP contribution in [0.15, 0.2) is 70.9 Å². The number of nitrogens with zero attached hydrogens (tertiary/aromatic N) is 3. The van der Waals surface area contributed by atoms with Crippen LogP contribution in [0.5, 0.6) is 0 Å². The zero-order chi connectivity index (χ0) is 29.0. The van der Waals surface area contributed by atoms with Crippen molar-refractivity contribution < 1.29 is 9.53 Å². The molecular weight excluding hydrogens is 496 g/mol. The number of carbonyl (C=O) groups is 1. The number of rotatable bonds is 14. The van der Waals surface area contributed by atoms with Crippen LogP contribution in [0.1, 0.15) is 77.3 Å². The van der Waals surface area contributed by atoms with E-state index in [1.807, 2.05) is 30.2 Å². The number of benzene rings is 2. The predicted octanol–water partition coefficient (Wildman–Crippen LogP) is 7.39. The second-order valence-corrected chi connectivity index (χ2v) is 11.1. The molecule has 2 aromatic carbocycles. The first-order chi connectivity index (χ1) is 19.3. The molecule has 216 valence electrons. The molecule has 3 rings (SSSR count). The van der Waals surface area contributed by atoms with Gasteiger partial charge in [-0.1, -0.05) is 76.1 Å². The van der Waals surface area contributed by atoms with E-state index in [1.54, 1.807) is 0 Å². The van der Waals surface area contributed by atoms with E-state index < -0.39 is 0 Å². The Balaban J connectivity index is 1.88. The number of hydrogen-bond acceptors (Lipinski definition) is 5. The van der Waals surface area contributed by atoms with Crippen LogP contribution in [0.2, 0.25) is 0 Å². The summed E-state index contributed by atoms with van der Waals surface area (Å²) in [7, 11) is 2.16. The minimum atomic E-state index is -0.320. The van der Waals surface area contributed by atoms with E-state index in [0.29, 0.717) is 30.3 Å². The van der Waals surface area contributed by atoms with E-state index in [2.05, 4.69) is 80.2 Å². The van der Waals surface area contributed by atoms with Crippen molar-refractivity contribution in [3.05, 3.63) is 77.0 Å². The molecule has 1 aliphatic rings. The number of likely N-dealkylation sites (tertiary alicyclic amines) is 1. The van der Waals surface area contributed by atoms with Crippen molar-refractivity contribution in [2.75, 3.05) is 31.6 Å². The van der Waals surface area contributed by atoms with Crippen molar-refractivity contribution in [3.63, 3.8) is 0 Å². The summed E-state index contributed by atoms with van der Waals surface area (Å²) in [5.74, 6) is 0.312. The Morgan fingerprint density at radius 3 is 2.52 bits per heavy atom. The van der Waals surface area contributed by atoms with Gasteiger partial charge in [0.1, 0.15) is 0 Å². The van der Waals surface area contributed by atoms with Gasteiger partial charge < -0.3 is 19.9 Å². The highest BCUT2D eigenvalue weighted by atomic mass is 16.5. The maximum Gasteiger partial charge on any atom is 0.261 e. The number of hydrogen-bond donors (Lipinski definition) is 1. The molecule has 1 atom stereocenters. The van der Waals surface area contributed by atoms with Crippen molar-refractivity contribution >= 4 is 24.0 Å². The van der Waals surface area contributed by atoms with Gasteiger partial charge in [-0.05, 0) is 68.8 Å². The highest BCUT2D eigenvalue weighted by molar-refractivity contribution is 6.18. The summed E-state index contributed by atoms with van der Waals surface area (Å²) in [6.07, 6.45) is 8.64. The number of allylic oxidation sites excluding steroid dienone is 1. The van der Waals surface area contributed by atoms with E-state index in [1.165, 1.54) is 5.56 Å². The number of anilines is 1. The van der Waals surface area contributed by atoms with Crippen molar-refractivity contribution in [3.8, 4) is 0 Å². The van der Waals surface area contributed by atoms with Gasteiger partial charge in [-0.25, -0.2) is 0 Å². The third-order valence-corrected chi connectivity index (χ3v) is 8.09. The summed E-state index contributed by atoms with van der Waals surface area (Å²) >= 11 is 0. The van der Waals surface area contributed by atoms with E-state index in [4.69, 9.17) is 10.1 Å². The van der Waals surface area contributed by atoms with Crippen molar-refractivity contribution in [1.82, 2.24) is 4.90 Å². The standard InChI is InChI=1S/C34H48N4O2/c1-6-8-20-36-28(4)32(25-35)33(39)38(21-17-27(3)7-2)31-16-12-13-29(24-31)26-40-34(18-22-37(5)23-19-34)30-14-10-9-11-15-30/h9-16,20,24-25,27,35H,6-8,17-19,21-23,26H2,1-5H3/b32-28+,35-25?,36-20+. The third kappa shape index (κ3) is 8.45. The van der Waals surface area contributed by atoms with Gasteiger partial charge >= 0.3 is 0 Å². The third-order valence-electron chi connectivity index (χ3n) is 8.09. The Morgan fingerprint density at radius 2 is 1.88 bits per heavy atom. The lowest BCUT2D eigenvalue weighted by atomic mass is 9.84. The van der Waals surface area contributed by atoms with Crippen LogP contribution in [-0.4, -0.2) is 49.9 Å². The molecule has 0 spiro atoms. The molecule has 1 N–H and O–H groups in total. The fourth-order valence-corrected chi connectivity index (χ4v) is 5.04. The van der Waals surface area contributed by atoms with Crippen LogP contribution >= 0.6 is 0 Å². The molecule has 1 aliphatic heterocycles. The van der Waals surface area contributed by atoms with Gasteiger partial charge in [0.2, 0.25) is 0 Å². The van der Waals surface area contributed by atoms with Crippen LogP contribution in [0.4, 0.5) is 5.69 Å². The summed E-state index contributed by atoms with van der Waals surface area (Å²) in [5, 5.41) is 8.02. The summed E-state index contributed by atoms with van der Waals surface area (Å²) < 4.78 is 6.77. The van der Waals surface area contributed by atoms with E-state index in [-0.39, 0.29) is 11.5 Å². The second-order valence-electron chi connectivity index (χ2n) is 11.1. The molecular formula is C34H48N4O2. The van der Waals surface area contributed by atoms with Crippen LogP contribution in [-0.2, 0) is 21.7 Å². The SMILES string of the molecule is CCC/C=N/C(C)=C(\C=N)C(=O)N(CCC(C)CC)c1cccc(COC2(c3ccccc3)CCN(C)CC2)c1. The molecule has 2 aromatic rings. The van der Waals surface area contributed by atoms with Crippen LogP contribution in [0, 0.1) is 11.3 Å². The molecule has 0 aliphatic carbocycles. The minimum absolute atomic E-state index is 0.182. The monoisotopic (exact) mass is 544 g/mol. The Hall–Kier alpha value is -3.09. The van der Waals surface area contributed by atoms with Crippen LogP contribution in [0.3, 0.4) is 0 Å². The van der Waals surface area contributed by atoms with Gasteiger partial charge in [-0.15, -0.1) is 0 Å². The number of aliphatic imine (C=N–C) groups is 1. The highest BCUT2D eigenvalue weighted by Gasteiger charge is 2.36. The average Bonchev–Trinajstić information content (AvgIpc) is 2.98. The molecule has 1 fully saturated rings. The van der Waals surface area contributed by atoms with Gasteiger partial charge in [-0.3, -0.25) is 9.79 Å². The smallest absolute Gasteiger partial charge is 0.261 e. The fourth-order valence-electron chi connectivity index (χ4n) is 5.04. The van der Waals surface area contributed by atoms with Crippen LogP contribution in [0.25, 0.3) is 0 Å². The van der Waals surface area contributed by atoms with Crippen molar-refractivity contribution in [2.45, 2.75) is 78.4 Å². The van der Waals surface area contributed by atoms with Crippen LogP contribution < -0.4 is 4.90 Å². The molecule has 1 amide bonds. The van der Waals surface area contributed by atoms with E-state index >= 15 is 0 Å². The first-order valence-electron chi connectivity index (χ1n) is 14.9. The first-order valence-corrected chi connectivity index (χ1v) is 14.9. The molecule has 6 nitrogen and oxygen atoms in total. The Bertz CT molecular complexity index is 1150. The average molecular weight is 545 g/mol. The summed E-state index contributed by atoms with van der Waals surface area (Å²) in [5.41, 5.74) is 3.67. The highest BCUT2D eigenvalue weighted by Crippen LogP contribution is 2.37. The number of piperidine rings is 1.